The van der Waals surface area contributed by atoms with Crippen LogP contribution in [0, 0.1) is 5.92 Å². The van der Waals surface area contributed by atoms with E-state index in [1.165, 1.54) is 24.2 Å². The Hall–Kier alpha value is -1.57. The van der Waals surface area contributed by atoms with Crippen LogP contribution in [0.3, 0.4) is 0 Å². The minimum Gasteiger partial charge on any atom is -0.508 e. The van der Waals surface area contributed by atoms with Gasteiger partial charge in [0.1, 0.15) is 5.75 Å². The Labute approximate surface area is 155 Å². The third kappa shape index (κ3) is 3.54. The SMILES string of the molecule is C[C@H]1[C@H](NC(=O)c2ncc(Sc3ccc(O)cc3)s2)C2CCN1CC2. The first-order chi connectivity index (χ1) is 12.1. The van der Waals surface area contributed by atoms with Gasteiger partial charge >= 0.3 is 0 Å². The first-order valence-corrected chi connectivity index (χ1v) is 10.2. The van der Waals surface area contributed by atoms with Gasteiger partial charge in [0, 0.05) is 17.0 Å². The van der Waals surface area contributed by atoms with Gasteiger partial charge in [0.05, 0.1) is 10.4 Å². The van der Waals surface area contributed by atoms with Gasteiger partial charge in [-0.3, -0.25) is 9.69 Å². The molecular weight excluding hydrogens is 354 g/mol. The predicted molar refractivity (Wildman–Crippen MR) is 99.4 cm³/mol. The van der Waals surface area contributed by atoms with Gasteiger partial charge in [-0.15, -0.1) is 11.3 Å². The second kappa shape index (κ2) is 6.97. The normalized spacial score (nSPS) is 28.0. The highest BCUT2D eigenvalue weighted by molar-refractivity contribution is 8.01. The summed E-state index contributed by atoms with van der Waals surface area (Å²) in [6.07, 6.45) is 4.10. The molecule has 25 heavy (non-hydrogen) atoms. The molecule has 0 saturated carbocycles. The maximum atomic E-state index is 12.6. The molecule has 3 saturated heterocycles. The lowest BCUT2D eigenvalue weighted by atomic mass is 9.79. The van der Waals surface area contributed by atoms with Crippen LogP contribution in [0.2, 0.25) is 0 Å². The molecule has 7 heteroatoms. The number of amides is 1. The molecule has 0 aliphatic carbocycles. The highest BCUT2D eigenvalue weighted by atomic mass is 32.2. The standard InChI is InChI=1S/C18H21N3O2S2/c1-11-16(12-6-8-21(11)9-7-12)20-17(23)18-19-10-15(25-18)24-14-4-2-13(22)3-5-14/h2-5,10-12,16,22H,6-9H2,1H3,(H,20,23)/t11-,16-/m0/s1. The maximum Gasteiger partial charge on any atom is 0.280 e. The summed E-state index contributed by atoms with van der Waals surface area (Å²) in [5.74, 6) is 0.781. The number of nitrogens with zero attached hydrogens (tertiary/aromatic N) is 2. The monoisotopic (exact) mass is 375 g/mol. The van der Waals surface area contributed by atoms with E-state index in [4.69, 9.17) is 0 Å². The largest absolute Gasteiger partial charge is 0.508 e. The molecule has 2 atom stereocenters. The topological polar surface area (TPSA) is 65.5 Å². The van der Waals surface area contributed by atoms with E-state index in [0.29, 0.717) is 17.0 Å². The van der Waals surface area contributed by atoms with E-state index in [1.54, 1.807) is 30.1 Å². The van der Waals surface area contributed by atoms with Crippen LogP contribution >= 0.6 is 23.1 Å². The van der Waals surface area contributed by atoms with Crippen molar-refractivity contribution in [3.63, 3.8) is 0 Å². The minimum atomic E-state index is -0.0619. The Morgan fingerprint density at radius 1 is 1.32 bits per heavy atom. The van der Waals surface area contributed by atoms with Crippen LogP contribution in [0.5, 0.6) is 5.75 Å². The molecule has 5 rings (SSSR count). The maximum absolute atomic E-state index is 12.6. The molecule has 4 heterocycles. The zero-order valence-corrected chi connectivity index (χ0v) is 15.6. The highest BCUT2D eigenvalue weighted by Gasteiger charge is 2.40. The molecule has 0 radical (unpaired) electrons. The smallest absolute Gasteiger partial charge is 0.280 e. The third-order valence-corrected chi connectivity index (χ3v) is 7.31. The molecule has 3 aliphatic heterocycles. The van der Waals surface area contributed by atoms with E-state index >= 15 is 0 Å². The van der Waals surface area contributed by atoms with Gasteiger partial charge in [-0.05, 0) is 63.0 Å². The van der Waals surface area contributed by atoms with Crippen molar-refractivity contribution in [2.45, 2.75) is 41.0 Å². The van der Waals surface area contributed by atoms with Crippen LogP contribution in [0.25, 0.3) is 0 Å². The molecule has 5 nitrogen and oxygen atoms in total. The van der Waals surface area contributed by atoms with Gasteiger partial charge in [0.2, 0.25) is 0 Å². The quantitative estimate of drug-likeness (QED) is 0.859. The second-order valence-electron chi connectivity index (χ2n) is 6.69. The number of hydrogen-bond donors (Lipinski definition) is 2. The average Bonchev–Trinajstić information content (AvgIpc) is 3.09. The zero-order chi connectivity index (χ0) is 17.4. The number of aromatic nitrogens is 1. The number of benzene rings is 1. The van der Waals surface area contributed by atoms with E-state index in [9.17, 15) is 9.90 Å². The molecule has 1 aromatic heterocycles. The Bertz CT molecular complexity index is 752. The molecule has 0 unspecified atom stereocenters. The molecular formula is C18H21N3O2S2. The van der Waals surface area contributed by atoms with Crippen LogP contribution in [0.4, 0.5) is 0 Å². The van der Waals surface area contributed by atoms with Crippen LogP contribution in [0.1, 0.15) is 29.6 Å². The Morgan fingerprint density at radius 3 is 2.72 bits per heavy atom. The van der Waals surface area contributed by atoms with E-state index in [0.717, 1.165) is 22.2 Å². The number of carbonyl (C=O) groups excluding carboxylic acids is 1. The summed E-state index contributed by atoms with van der Waals surface area (Å²) >= 11 is 2.96. The van der Waals surface area contributed by atoms with Crippen molar-refractivity contribution in [2.75, 3.05) is 13.1 Å². The number of nitrogens with one attached hydrogen (secondary N) is 1. The van der Waals surface area contributed by atoms with Gasteiger partial charge in [0.25, 0.3) is 5.91 Å². The lowest BCUT2D eigenvalue weighted by Crippen LogP contribution is -2.62. The molecule has 3 fully saturated rings. The van der Waals surface area contributed by atoms with Gasteiger partial charge in [-0.2, -0.15) is 0 Å². The van der Waals surface area contributed by atoms with Gasteiger partial charge in [-0.1, -0.05) is 11.8 Å². The Morgan fingerprint density at radius 2 is 2.04 bits per heavy atom. The Kier molecular flexibility index (Phi) is 4.71. The number of carbonyl (C=O) groups is 1. The van der Waals surface area contributed by atoms with Gasteiger partial charge in [0.15, 0.2) is 5.01 Å². The van der Waals surface area contributed by atoms with E-state index < -0.39 is 0 Å². The van der Waals surface area contributed by atoms with Crippen molar-refractivity contribution in [1.82, 2.24) is 15.2 Å². The number of piperidine rings is 3. The fraction of sp³-hybridized carbons (Fsp3) is 0.444. The van der Waals surface area contributed by atoms with Crippen LogP contribution in [-0.4, -0.2) is 46.1 Å². The first kappa shape index (κ1) is 16.9. The molecule has 1 aromatic carbocycles. The number of phenols is 1. The number of phenolic OH excluding ortho intramolecular Hbond substituents is 1. The summed E-state index contributed by atoms with van der Waals surface area (Å²) < 4.78 is 0.970. The second-order valence-corrected chi connectivity index (χ2v) is 9.10. The molecule has 2 bridgehead atoms. The van der Waals surface area contributed by atoms with E-state index in [2.05, 4.69) is 22.1 Å². The molecule has 2 N–H and O–H groups in total. The van der Waals surface area contributed by atoms with Crippen LogP contribution in [0.15, 0.2) is 39.6 Å². The highest BCUT2D eigenvalue weighted by Crippen LogP contribution is 2.34. The summed E-state index contributed by atoms with van der Waals surface area (Å²) in [6, 6.07) is 7.66. The molecule has 3 aliphatic rings. The number of rotatable bonds is 4. The van der Waals surface area contributed by atoms with Crippen molar-refractivity contribution >= 4 is 29.0 Å². The number of fused-ring (bicyclic) bond motifs is 3. The summed E-state index contributed by atoms with van der Waals surface area (Å²) in [4.78, 5) is 20.4. The lowest BCUT2D eigenvalue weighted by Gasteiger charge is -2.49. The van der Waals surface area contributed by atoms with Gasteiger partial charge in [-0.25, -0.2) is 4.98 Å². The van der Waals surface area contributed by atoms with Crippen molar-refractivity contribution in [2.24, 2.45) is 5.92 Å². The lowest BCUT2D eigenvalue weighted by molar-refractivity contribution is 0.0217. The van der Waals surface area contributed by atoms with Crippen molar-refractivity contribution < 1.29 is 9.90 Å². The van der Waals surface area contributed by atoms with E-state index in [-0.39, 0.29) is 17.7 Å². The average molecular weight is 376 g/mol. The molecule has 2 aromatic rings. The summed E-state index contributed by atoms with van der Waals surface area (Å²) in [6.45, 7) is 4.52. The third-order valence-electron chi connectivity index (χ3n) is 5.21. The number of aromatic hydroxyl groups is 1. The fourth-order valence-corrected chi connectivity index (χ4v) is 5.66. The van der Waals surface area contributed by atoms with Gasteiger partial charge < -0.3 is 10.4 Å². The summed E-state index contributed by atoms with van der Waals surface area (Å²) in [5, 5.41) is 13.1. The summed E-state index contributed by atoms with van der Waals surface area (Å²) in [5.41, 5.74) is 0. The van der Waals surface area contributed by atoms with Crippen molar-refractivity contribution in [3.8, 4) is 5.75 Å². The molecule has 1 amide bonds. The van der Waals surface area contributed by atoms with Crippen LogP contribution < -0.4 is 5.32 Å². The number of thiazole rings is 1. The minimum absolute atomic E-state index is 0.0619. The first-order valence-electron chi connectivity index (χ1n) is 8.58. The van der Waals surface area contributed by atoms with Crippen LogP contribution in [-0.2, 0) is 0 Å². The molecule has 132 valence electrons. The summed E-state index contributed by atoms with van der Waals surface area (Å²) in [7, 11) is 0. The van der Waals surface area contributed by atoms with Crippen molar-refractivity contribution in [3.05, 3.63) is 35.5 Å². The Balaban J connectivity index is 1.41. The van der Waals surface area contributed by atoms with E-state index in [1.807, 2.05) is 12.1 Å². The fourth-order valence-electron chi connectivity index (χ4n) is 3.80. The molecule has 0 spiro atoms. The zero-order valence-electron chi connectivity index (χ0n) is 14.0. The number of hydrogen-bond acceptors (Lipinski definition) is 6. The predicted octanol–water partition coefficient (Wildman–Crippen LogP) is 3.21. The van der Waals surface area contributed by atoms with Crippen molar-refractivity contribution in [1.29, 1.82) is 0 Å².